The van der Waals surface area contributed by atoms with Gasteiger partial charge in [0.2, 0.25) is 5.91 Å². The van der Waals surface area contributed by atoms with Gasteiger partial charge in [-0.15, -0.1) is 0 Å². The van der Waals surface area contributed by atoms with Crippen LogP contribution in [0.1, 0.15) is 22.6 Å². The number of benzene rings is 1. The molecule has 0 spiro atoms. The molecule has 0 unspecified atom stereocenters. The van der Waals surface area contributed by atoms with Gasteiger partial charge in [0.05, 0.1) is 34.3 Å². The maximum absolute atomic E-state index is 14.0. The molecular weight excluding hydrogens is 392 g/mol. The van der Waals surface area contributed by atoms with Crippen molar-refractivity contribution in [3.63, 3.8) is 0 Å². The van der Waals surface area contributed by atoms with Crippen molar-refractivity contribution in [1.82, 2.24) is 19.6 Å². The Kier molecular flexibility index (Phi) is 5.53. The molecule has 3 aromatic rings. The molecule has 0 aliphatic rings. The highest BCUT2D eigenvalue weighted by Gasteiger charge is 2.17. The van der Waals surface area contributed by atoms with Gasteiger partial charge in [-0.25, -0.2) is 4.39 Å². The van der Waals surface area contributed by atoms with E-state index in [1.807, 2.05) is 0 Å². The zero-order valence-corrected chi connectivity index (χ0v) is 16.6. The monoisotopic (exact) mass is 409 g/mol. The van der Waals surface area contributed by atoms with Crippen LogP contribution in [-0.2, 0) is 17.9 Å². The van der Waals surface area contributed by atoms with E-state index in [0.29, 0.717) is 38.4 Å². The first kappa shape index (κ1) is 19.4. The molecule has 3 rings (SSSR count). The van der Waals surface area contributed by atoms with E-state index in [0.717, 1.165) is 0 Å². The van der Waals surface area contributed by atoms with E-state index in [-0.39, 0.29) is 19.0 Å². The Bertz CT molecular complexity index is 972. The Morgan fingerprint density at radius 1 is 1.15 bits per heavy atom. The number of nitrogens with one attached hydrogen (secondary N) is 1. The van der Waals surface area contributed by atoms with E-state index in [1.165, 1.54) is 10.7 Å². The highest BCUT2D eigenvalue weighted by atomic mass is 35.5. The summed E-state index contributed by atoms with van der Waals surface area (Å²) in [6.07, 6.45) is 1.60. The fourth-order valence-corrected chi connectivity index (χ4v) is 3.14. The molecule has 142 valence electrons. The molecule has 2 heterocycles. The standard InChI is InChI=1S/C18H18Cl2FN5O/c1-10-15(20)8-25(23-10)9-17(27)22-18-11(2)24-26(12(18)3)7-13-14(19)5-4-6-16(13)21/h4-6,8H,7,9H2,1-3H3,(H,22,27). The van der Waals surface area contributed by atoms with Gasteiger partial charge in [-0.3, -0.25) is 14.2 Å². The number of anilines is 1. The van der Waals surface area contributed by atoms with E-state index in [4.69, 9.17) is 23.2 Å². The molecule has 0 fully saturated rings. The Morgan fingerprint density at radius 2 is 1.89 bits per heavy atom. The molecule has 0 radical (unpaired) electrons. The zero-order chi connectivity index (χ0) is 19.7. The van der Waals surface area contributed by atoms with Crippen LogP contribution in [0.5, 0.6) is 0 Å². The van der Waals surface area contributed by atoms with E-state index < -0.39 is 5.82 Å². The largest absolute Gasteiger partial charge is 0.321 e. The van der Waals surface area contributed by atoms with Gasteiger partial charge in [-0.2, -0.15) is 10.2 Å². The minimum Gasteiger partial charge on any atom is -0.321 e. The lowest BCUT2D eigenvalue weighted by Crippen LogP contribution is -2.20. The van der Waals surface area contributed by atoms with Crippen LogP contribution in [-0.4, -0.2) is 25.5 Å². The number of amides is 1. The average molecular weight is 410 g/mol. The lowest BCUT2D eigenvalue weighted by Gasteiger charge is -2.09. The first-order valence-electron chi connectivity index (χ1n) is 8.22. The summed E-state index contributed by atoms with van der Waals surface area (Å²) in [6.45, 7) is 5.54. The summed E-state index contributed by atoms with van der Waals surface area (Å²) >= 11 is 12.1. The Balaban J connectivity index is 1.78. The smallest absolute Gasteiger partial charge is 0.246 e. The third-order valence-corrected chi connectivity index (χ3v) is 4.93. The van der Waals surface area contributed by atoms with Crippen molar-refractivity contribution in [2.45, 2.75) is 33.9 Å². The highest BCUT2D eigenvalue weighted by molar-refractivity contribution is 6.31. The predicted octanol–water partition coefficient (Wildman–Crippen LogP) is 4.14. The second-order valence-corrected chi connectivity index (χ2v) is 7.03. The van der Waals surface area contributed by atoms with Crippen molar-refractivity contribution >= 4 is 34.8 Å². The summed E-state index contributed by atoms with van der Waals surface area (Å²) < 4.78 is 17.1. The van der Waals surface area contributed by atoms with Gasteiger partial charge < -0.3 is 5.32 Å². The summed E-state index contributed by atoms with van der Waals surface area (Å²) in [6, 6.07) is 4.54. The van der Waals surface area contributed by atoms with Crippen LogP contribution in [0.15, 0.2) is 24.4 Å². The van der Waals surface area contributed by atoms with Gasteiger partial charge in [-0.1, -0.05) is 29.3 Å². The normalized spacial score (nSPS) is 11.0. The molecule has 27 heavy (non-hydrogen) atoms. The van der Waals surface area contributed by atoms with Crippen LogP contribution in [0, 0.1) is 26.6 Å². The maximum atomic E-state index is 14.0. The van der Waals surface area contributed by atoms with Crippen molar-refractivity contribution in [1.29, 1.82) is 0 Å². The van der Waals surface area contributed by atoms with Gasteiger partial charge in [0, 0.05) is 16.8 Å². The first-order chi connectivity index (χ1) is 12.8. The van der Waals surface area contributed by atoms with Crippen molar-refractivity contribution in [2.75, 3.05) is 5.32 Å². The molecule has 0 atom stereocenters. The number of hydrogen-bond donors (Lipinski definition) is 1. The van der Waals surface area contributed by atoms with Gasteiger partial charge in [0.15, 0.2) is 0 Å². The number of aryl methyl sites for hydroxylation is 2. The summed E-state index contributed by atoms with van der Waals surface area (Å²) in [5, 5.41) is 12.2. The third kappa shape index (κ3) is 4.14. The van der Waals surface area contributed by atoms with Crippen molar-refractivity contribution in [3.8, 4) is 0 Å². The van der Waals surface area contributed by atoms with Crippen LogP contribution in [0.4, 0.5) is 10.1 Å². The molecule has 0 aliphatic heterocycles. The van der Waals surface area contributed by atoms with Gasteiger partial charge >= 0.3 is 0 Å². The van der Waals surface area contributed by atoms with Crippen molar-refractivity contribution in [2.24, 2.45) is 0 Å². The molecule has 0 saturated heterocycles. The minimum absolute atomic E-state index is 0.0246. The average Bonchev–Trinajstić information content (AvgIpc) is 3.04. The lowest BCUT2D eigenvalue weighted by molar-refractivity contribution is -0.116. The first-order valence-corrected chi connectivity index (χ1v) is 8.98. The third-order valence-electron chi connectivity index (χ3n) is 4.21. The number of rotatable bonds is 5. The molecule has 1 N–H and O–H groups in total. The van der Waals surface area contributed by atoms with Gasteiger partial charge in [0.25, 0.3) is 0 Å². The summed E-state index contributed by atoms with van der Waals surface area (Å²) in [5.41, 5.74) is 2.93. The molecule has 0 bridgehead atoms. The molecule has 1 amide bonds. The van der Waals surface area contributed by atoms with E-state index in [1.54, 1.807) is 43.8 Å². The fraction of sp³-hybridized carbons (Fsp3) is 0.278. The number of aromatic nitrogens is 4. The van der Waals surface area contributed by atoms with Crippen LogP contribution in [0.2, 0.25) is 10.0 Å². The van der Waals surface area contributed by atoms with Crippen molar-refractivity contribution < 1.29 is 9.18 Å². The maximum Gasteiger partial charge on any atom is 0.246 e. The molecule has 1 aromatic carbocycles. The molecule has 2 aromatic heterocycles. The molecule has 9 heteroatoms. The van der Waals surface area contributed by atoms with E-state index in [9.17, 15) is 9.18 Å². The van der Waals surface area contributed by atoms with Crippen LogP contribution in [0.3, 0.4) is 0 Å². The number of carbonyl (C=O) groups is 1. The number of nitrogens with zero attached hydrogens (tertiary/aromatic N) is 4. The van der Waals surface area contributed by atoms with Crippen molar-refractivity contribution in [3.05, 3.63) is 62.9 Å². The number of halogens is 3. The fourth-order valence-electron chi connectivity index (χ4n) is 2.77. The van der Waals surface area contributed by atoms with Crippen LogP contribution in [0.25, 0.3) is 0 Å². The SMILES string of the molecule is Cc1nn(CC(=O)Nc2c(C)nn(Cc3c(F)cccc3Cl)c2C)cc1Cl. The van der Waals surface area contributed by atoms with Crippen LogP contribution >= 0.6 is 23.2 Å². The summed E-state index contributed by atoms with van der Waals surface area (Å²) in [5.74, 6) is -0.657. The minimum atomic E-state index is -0.397. The Labute approximate surface area is 165 Å². The predicted molar refractivity (Wildman–Crippen MR) is 103 cm³/mol. The quantitative estimate of drug-likeness (QED) is 0.688. The molecular formula is C18H18Cl2FN5O. The highest BCUT2D eigenvalue weighted by Crippen LogP contribution is 2.24. The topological polar surface area (TPSA) is 64.7 Å². The summed E-state index contributed by atoms with van der Waals surface area (Å²) in [7, 11) is 0. The molecule has 0 aliphatic carbocycles. The number of hydrogen-bond acceptors (Lipinski definition) is 3. The van der Waals surface area contributed by atoms with E-state index >= 15 is 0 Å². The zero-order valence-electron chi connectivity index (χ0n) is 15.1. The molecule has 6 nitrogen and oxygen atoms in total. The lowest BCUT2D eigenvalue weighted by atomic mass is 10.2. The van der Waals surface area contributed by atoms with Gasteiger partial charge in [0.1, 0.15) is 12.4 Å². The summed E-state index contributed by atoms with van der Waals surface area (Å²) in [4.78, 5) is 12.3. The Morgan fingerprint density at radius 3 is 2.52 bits per heavy atom. The second-order valence-electron chi connectivity index (χ2n) is 6.21. The van der Waals surface area contributed by atoms with E-state index in [2.05, 4.69) is 15.5 Å². The Hall–Kier alpha value is -2.38. The molecule has 0 saturated carbocycles. The van der Waals surface area contributed by atoms with Crippen LogP contribution < -0.4 is 5.32 Å². The second kappa shape index (κ2) is 7.70. The number of carbonyl (C=O) groups excluding carboxylic acids is 1. The van der Waals surface area contributed by atoms with Gasteiger partial charge in [-0.05, 0) is 32.9 Å².